The Hall–Kier alpha value is -2.49. The lowest BCUT2D eigenvalue weighted by Crippen LogP contribution is -2.37. The molecule has 0 spiro atoms. The number of sulfonamides is 1. The molecule has 3 aromatic rings. The molecule has 1 heterocycles. The minimum Gasteiger partial charge on any atom is -0.495 e. The van der Waals surface area contributed by atoms with Crippen molar-refractivity contribution in [2.24, 2.45) is 23.9 Å². The topological polar surface area (TPSA) is 81.0 Å². The van der Waals surface area contributed by atoms with Crippen LogP contribution >= 0.6 is 11.3 Å². The molecule has 0 fully saturated rings. The quantitative estimate of drug-likeness (QED) is 0.473. The number of aromatic nitrogens is 1. The molecule has 0 N–H and O–H groups in total. The summed E-state index contributed by atoms with van der Waals surface area (Å²) in [5.74, 6) is 0.695. The van der Waals surface area contributed by atoms with Crippen molar-refractivity contribution in [2.75, 3.05) is 20.2 Å². The second-order valence-electron chi connectivity index (χ2n) is 8.80. The zero-order chi connectivity index (χ0) is 24.3. The number of amides is 1. The van der Waals surface area contributed by atoms with Gasteiger partial charge in [-0.05, 0) is 48.2 Å². The first kappa shape index (κ1) is 25.1. The molecule has 1 aromatic heterocycles. The fraction of sp³-hybridized carbons (Fsp3) is 0.417. The van der Waals surface area contributed by atoms with Crippen molar-refractivity contribution < 1.29 is 17.9 Å². The number of hydrogen-bond donors (Lipinski definition) is 0. The fourth-order valence-electron chi connectivity index (χ4n) is 3.60. The van der Waals surface area contributed by atoms with E-state index >= 15 is 0 Å². The van der Waals surface area contributed by atoms with Gasteiger partial charge in [0.05, 0.1) is 16.7 Å². The molecule has 0 bridgehead atoms. The molecule has 0 aliphatic rings. The highest BCUT2D eigenvalue weighted by Crippen LogP contribution is 2.26. The summed E-state index contributed by atoms with van der Waals surface area (Å²) in [6.07, 6.45) is 0. The van der Waals surface area contributed by atoms with E-state index in [0.717, 1.165) is 10.2 Å². The Morgan fingerprint density at radius 3 is 2.21 bits per heavy atom. The monoisotopic (exact) mass is 489 g/mol. The summed E-state index contributed by atoms with van der Waals surface area (Å²) < 4.78 is 36.1. The number of thiazole rings is 1. The number of ether oxygens (including phenoxy) is 1. The predicted octanol–water partition coefficient (Wildman–Crippen LogP) is 4.29. The van der Waals surface area contributed by atoms with Crippen LogP contribution in [0.1, 0.15) is 38.1 Å². The maximum Gasteiger partial charge on any atom is 0.279 e. The third kappa shape index (κ3) is 5.54. The van der Waals surface area contributed by atoms with Crippen molar-refractivity contribution in [3.63, 3.8) is 0 Å². The van der Waals surface area contributed by atoms with Crippen LogP contribution < -0.4 is 9.54 Å². The van der Waals surface area contributed by atoms with Gasteiger partial charge in [-0.25, -0.2) is 8.42 Å². The van der Waals surface area contributed by atoms with Gasteiger partial charge in [0.2, 0.25) is 10.0 Å². The smallest absolute Gasteiger partial charge is 0.279 e. The number of benzene rings is 2. The van der Waals surface area contributed by atoms with Gasteiger partial charge in [0.1, 0.15) is 11.3 Å². The molecule has 7 nitrogen and oxygen atoms in total. The molecule has 0 aliphatic carbocycles. The zero-order valence-corrected chi connectivity index (χ0v) is 21.5. The highest BCUT2D eigenvalue weighted by molar-refractivity contribution is 7.89. The van der Waals surface area contributed by atoms with Crippen LogP contribution in [0.15, 0.2) is 52.4 Å². The molecule has 0 atom stereocenters. The summed E-state index contributed by atoms with van der Waals surface area (Å²) in [5.41, 5.74) is 1.20. The first-order valence-electron chi connectivity index (χ1n) is 10.9. The van der Waals surface area contributed by atoms with Crippen LogP contribution in [0.5, 0.6) is 5.75 Å². The van der Waals surface area contributed by atoms with E-state index in [-0.39, 0.29) is 16.7 Å². The Kier molecular flexibility index (Phi) is 7.76. The Morgan fingerprint density at radius 1 is 1.06 bits per heavy atom. The molecule has 1 amide bonds. The van der Waals surface area contributed by atoms with E-state index in [2.05, 4.69) is 4.99 Å². The number of carbonyl (C=O) groups excluding carboxylic acids is 1. The van der Waals surface area contributed by atoms with E-state index in [4.69, 9.17) is 4.74 Å². The van der Waals surface area contributed by atoms with Crippen LogP contribution in [-0.4, -0.2) is 43.4 Å². The minimum atomic E-state index is -3.65. The highest BCUT2D eigenvalue weighted by Gasteiger charge is 2.26. The van der Waals surface area contributed by atoms with Crippen LogP contribution in [0, 0.1) is 11.8 Å². The summed E-state index contributed by atoms with van der Waals surface area (Å²) in [4.78, 5) is 17.8. The zero-order valence-electron chi connectivity index (χ0n) is 19.9. The van der Waals surface area contributed by atoms with Crippen LogP contribution in [0.3, 0.4) is 0 Å². The average molecular weight is 490 g/mol. The number of hydrogen-bond acceptors (Lipinski definition) is 5. The van der Waals surface area contributed by atoms with Crippen LogP contribution in [0.2, 0.25) is 0 Å². The molecule has 2 aromatic carbocycles. The van der Waals surface area contributed by atoms with Crippen LogP contribution in [-0.2, 0) is 17.1 Å². The number of aryl methyl sites for hydroxylation is 1. The minimum absolute atomic E-state index is 0.178. The first-order valence-corrected chi connectivity index (χ1v) is 13.1. The lowest BCUT2D eigenvalue weighted by Gasteiger charge is -2.25. The Morgan fingerprint density at radius 2 is 1.67 bits per heavy atom. The lowest BCUT2D eigenvalue weighted by atomic mass is 10.2. The number of nitrogens with zero attached hydrogens (tertiary/aromatic N) is 3. The van der Waals surface area contributed by atoms with Gasteiger partial charge in [-0.15, -0.1) is 0 Å². The summed E-state index contributed by atoms with van der Waals surface area (Å²) in [7, 11) is -0.210. The molecule has 9 heteroatoms. The van der Waals surface area contributed by atoms with Crippen molar-refractivity contribution in [3.05, 3.63) is 52.8 Å². The van der Waals surface area contributed by atoms with E-state index < -0.39 is 15.9 Å². The first-order chi connectivity index (χ1) is 15.5. The molecule has 0 aliphatic heterocycles. The van der Waals surface area contributed by atoms with E-state index in [9.17, 15) is 13.2 Å². The van der Waals surface area contributed by atoms with Crippen LogP contribution in [0.25, 0.3) is 10.2 Å². The predicted molar refractivity (Wildman–Crippen MR) is 132 cm³/mol. The van der Waals surface area contributed by atoms with E-state index in [1.807, 2.05) is 57.5 Å². The van der Waals surface area contributed by atoms with Crippen LogP contribution in [0.4, 0.5) is 0 Å². The van der Waals surface area contributed by atoms with Gasteiger partial charge in [-0.1, -0.05) is 45.1 Å². The average Bonchev–Trinajstić information content (AvgIpc) is 3.08. The van der Waals surface area contributed by atoms with Gasteiger partial charge in [-0.3, -0.25) is 4.79 Å². The Bertz CT molecular complexity index is 1290. The molecule has 178 valence electrons. The largest absolute Gasteiger partial charge is 0.495 e. The van der Waals surface area contributed by atoms with Crippen molar-refractivity contribution >= 4 is 37.5 Å². The summed E-state index contributed by atoms with van der Waals surface area (Å²) in [6, 6.07) is 11.7. The van der Waals surface area contributed by atoms with Gasteiger partial charge in [0.25, 0.3) is 5.91 Å². The third-order valence-corrected chi connectivity index (χ3v) is 8.02. The molecular formula is C24H31N3O4S2. The molecule has 0 saturated heterocycles. The van der Waals surface area contributed by atoms with Gasteiger partial charge in [0, 0.05) is 25.7 Å². The highest BCUT2D eigenvalue weighted by atomic mass is 32.2. The number of fused-ring (bicyclic) bond motifs is 1. The van der Waals surface area contributed by atoms with E-state index in [0.29, 0.717) is 29.2 Å². The van der Waals surface area contributed by atoms with Crippen molar-refractivity contribution in [2.45, 2.75) is 32.6 Å². The number of carbonyl (C=O) groups is 1. The number of rotatable bonds is 8. The van der Waals surface area contributed by atoms with Crippen molar-refractivity contribution in [1.29, 1.82) is 0 Å². The molecule has 3 rings (SSSR count). The second-order valence-corrected chi connectivity index (χ2v) is 11.7. The van der Waals surface area contributed by atoms with Gasteiger partial charge >= 0.3 is 0 Å². The number of methoxy groups -OCH3 is 1. The Balaban J connectivity index is 1.92. The maximum atomic E-state index is 13.2. The van der Waals surface area contributed by atoms with Gasteiger partial charge in [-0.2, -0.15) is 9.30 Å². The van der Waals surface area contributed by atoms with Gasteiger partial charge < -0.3 is 9.30 Å². The summed E-state index contributed by atoms with van der Waals surface area (Å²) in [6.45, 7) is 8.88. The second kappa shape index (κ2) is 10.2. The van der Waals surface area contributed by atoms with Crippen molar-refractivity contribution in [1.82, 2.24) is 8.87 Å². The molecule has 0 unspecified atom stereocenters. The number of para-hydroxylation sites is 1. The molecule has 33 heavy (non-hydrogen) atoms. The SMILES string of the molecule is COc1cccc2sc(=NC(=O)c3ccc(S(=O)(=O)N(CC(C)C)CC(C)C)cc3)n(C)c12. The van der Waals surface area contributed by atoms with E-state index in [1.165, 1.54) is 39.9 Å². The standard InChI is InChI=1S/C24H31N3O4S2/c1-16(2)14-27(15-17(3)4)33(29,30)19-12-10-18(11-13-19)23(28)25-24-26(5)22-20(31-6)8-7-9-21(22)32-24/h7-13,16-17H,14-15H2,1-6H3. The molecule has 0 radical (unpaired) electrons. The third-order valence-electron chi connectivity index (χ3n) is 5.08. The summed E-state index contributed by atoms with van der Waals surface area (Å²) >= 11 is 1.39. The molecular weight excluding hydrogens is 458 g/mol. The molecule has 0 saturated carbocycles. The maximum absolute atomic E-state index is 13.2. The fourth-order valence-corrected chi connectivity index (χ4v) is 6.40. The van der Waals surface area contributed by atoms with Gasteiger partial charge in [0.15, 0.2) is 4.80 Å². The van der Waals surface area contributed by atoms with Crippen molar-refractivity contribution in [3.8, 4) is 5.75 Å². The van der Waals surface area contributed by atoms with E-state index in [1.54, 1.807) is 7.11 Å². The summed E-state index contributed by atoms with van der Waals surface area (Å²) in [5, 5.41) is 0. The lowest BCUT2D eigenvalue weighted by molar-refractivity contribution is 0.0998. The normalized spacial score (nSPS) is 12.9. The Labute approximate surface area is 199 Å².